The van der Waals surface area contributed by atoms with Gasteiger partial charge in [-0.2, -0.15) is 0 Å². The Bertz CT molecular complexity index is 555. The third-order valence-electron chi connectivity index (χ3n) is 2.53. The minimum atomic E-state index is 0.619. The van der Waals surface area contributed by atoms with Crippen LogP contribution in [0.5, 0.6) is 5.88 Å². The quantitative estimate of drug-likeness (QED) is 0.831. The average Bonchev–Trinajstić information content (AvgIpc) is 2.46. The molecule has 0 aliphatic carbocycles. The van der Waals surface area contributed by atoms with Gasteiger partial charge in [-0.05, 0) is 23.8 Å². The Morgan fingerprint density at radius 1 is 1.33 bits per heavy atom. The topological polar surface area (TPSA) is 34.1 Å². The first-order chi connectivity index (χ1) is 8.81. The van der Waals surface area contributed by atoms with E-state index < -0.39 is 0 Å². The molecule has 0 atom stereocenters. The molecule has 0 bridgehead atoms. The van der Waals surface area contributed by atoms with Crippen molar-refractivity contribution in [3.8, 4) is 18.2 Å². The minimum Gasteiger partial charge on any atom is -0.481 e. The zero-order valence-electron chi connectivity index (χ0n) is 10.2. The molecule has 0 aliphatic rings. The molecule has 1 aromatic heterocycles. The number of terminal acetylenes is 1. The summed E-state index contributed by atoms with van der Waals surface area (Å²) >= 11 is 0. The molecule has 1 aromatic carbocycles. The normalized spacial score (nSPS) is 9.56. The zero-order valence-corrected chi connectivity index (χ0v) is 10.2. The van der Waals surface area contributed by atoms with E-state index in [1.807, 2.05) is 36.4 Å². The van der Waals surface area contributed by atoms with Gasteiger partial charge in [-0.3, -0.25) is 0 Å². The number of hydrogen-bond donors (Lipinski definition) is 1. The van der Waals surface area contributed by atoms with Crippen LogP contribution < -0.4 is 10.1 Å². The highest BCUT2D eigenvalue weighted by Crippen LogP contribution is 2.12. The number of nitrogens with zero attached hydrogens (tertiary/aromatic N) is 1. The predicted molar refractivity (Wildman–Crippen MR) is 72.5 cm³/mol. The van der Waals surface area contributed by atoms with E-state index in [1.165, 1.54) is 0 Å². The molecule has 0 amide bonds. The van der Waals surface area contributed by atoms with E-state index in [0.29, 0.717) is 12.4 Å². The van der Waals surface area contributed by atoms with Crippen LogP contribution in [0.1, 0.15) is 11.1 Å². The molecule has 1 N–H and O–H groups in total. The van der Waals surface area contributed by atoms with E-state index in [4.69, 9.17) is 11.2 Å². The van der Waals surface area contributed by atoms with Gasteiger partial charge in [0.1, 0.15) is 0 Å². The maximum absolute atomic E-state index is 5.36. The molecule has 0 unspecified atom stereocenters. The number of nitrogens with one attached hydrogen (secondary N) is 1. The highest BCUT2D eigenvalue weighted by molar-refractivity contribution is 5.50. The third-order valence-corrected chi connectivity index (χ3v) is 2.53. The largest absolute Gasteiger partial charge is 0.481 e. The van der Waals surface area contributed by atoms with Crippen LogP contribution in [0, 0.1) is 12.3 Å². The SMILES string of the molecule is C#Cc1cccc(NCc2ccc(OC)nc2)c1. The molecule has 0 saturated carbocycles. The second-order valence-corrected chi connectivity index (χ2v) is 3.79. The standard InChI is InChI=1S/C15H14N2O/c1-3-12-5-4-6-14(9-12)16-10-13-7-8-15(18-2)17-11-13/h1,4-9,11,16H,10H2,2H3. The molecule has 0 radical (unpaired) electrons. The van der Waals surface area contributed by atoms with Crippen LogP contribution in [0.3, 0.4) is 0 Å². The summed E-state index contributed by atoms with van der Waals surface area (Å²) in [7, 11) is 1.60. The Morgan fingerprint density at radius 2 is 2.22 bits per heavy atom. The summed E-state index contributed by atoms with van der Waals surface area (Å²) in [6.45, 7) is 0.699. The highest BCUT2D eigenvalue weighted by Gasteiger charge is 1.97. The number of hydrogen-bond acceptors (Lipinski definition) is 3. The summed E-state index contributed by atoms with van der Waals surface area (Å²) in [6.07, 6.45) is 7.14. The molecule has 0 fully saturated rings. The summed E-state index contributed by atoms with van der Waals surface area (Å²) in [5.41, 5.74) is 2.95. The van der Waals surface area contributed by atoms with Crippen LogP contribution in [0.25, 0.3) is 0 Å². The van der Waals surface area contributed by atoms with Gasteiger partial charge in [0, 0.05) is 30.1 Å². The van der Waals surface area contributed by atoms with Crippen LogP contribution in [0.4, 0.5) is 5.69 Å². The lowest BCUT2D eigenvalue weighted by Gasteiger charge is -2.07. The van der Waals surface area contributed by atoms with Gasteiger partial charge in [-0.1, -0.05) is 18.1 Å². The molecule has 90 valence electrons. The summed E-state index contributed by atoms with van der Waals surface area (Å²) in [4.78, 5) is 4.15. The monoisotopic (exact) mass is 238 g/mol. The summed E-state index contributed by atoms with van der Waals surface area (Å²) in [5, 5.41) is 3.30. The van der Waals surface area contributed by atoms with Crippen LogP contribution in [-0.2, 0) is 6.54 Å². The van der Waals surface area contributed by atoms with Crippen LogP contribution in [0.15, 0.2) is 42.6 Å². The third kappa shape index (κ3) is 3.02. The maximum atomic E-state index is 5.36. The first kappa shape index (κ1) is 12.0. The first-order valence-corrected chi connectivity index (χ1v) is 5.61. The van der Waals surface area contributed by atoms with Crippen molar-refractivity contribution in [1.82, 2.24) is 4.98 Å². The predicted octanol–water partition coefficient (Wildman–Crippen LogP) is 2.68. The Balaban J connectivity index is 2.00. The van der Waals surface area contributed by atoms with E-state index in [-0.39, 0.29) is 0 Å². The fourth-order valence-corrected chi connectivity index (χ4v) is 1.56. The zero-order chi connectivity index (χ0) is 12.8. The van der Waals surface area contributed by atoms with Gasteiger partial charge in [0.25, 0.3) is 0 Å². The number of rotatable bonds is 4. The van der Waals surface area contributed by atoms with E-state index in [1.54, 1.807) is 13.3 Å². The molecular weight excluding hydrogens is 224 g/mol. The van der Waals surface area contributed by atoms with E-state index in [2.05, 4.69) is 16.2 Å². The van der Waals surface area contributed by atoms with Gasteiger partial charge < -0.3 is 10.1 Å². The van der Waals surface area contributed by atoms with Gasteiger partial charge in [-0.25, -0.2) is 4.98 Å². The van der Waals surface area contributed by atoms with Crippen molar-refractivity contribution in [2.45, 2.75) is 6.54 Å². The van der Waals surface area contributed by atoms with Gasteiger partial charge in [0.05, 0.1) is 7.11 Å². The molecule has 18 heavy (non-hydrogen) atoms. The van der Waals surface area contributed by atoms with Gasteiger partial charge in [0.15, 0.2) is 0 Å². The van der Waals surface area contributed by atoms with Crippen LogP contribution in [-0.4, -0.2) is 12.1 Å². The summed E-state index contributed by atoms with van der Waals surface area (Å²) < 4.78 is 5.01. The maximum Gasteiger partial charge on any atom is 0.212 e. The molecule has 2 aromatic rings. The van der Waals surface area contributed by atoms with E-state index in [0.717, 1.165) is 16.8 Å². The molecule has 0 spiro atoms. The molecular formula is C15H14N2O. The van der Waals surface area contributed by atoms with Crippen molar-refractivity contribution in [1.29, 1.82) is 0 Å². The fraction of sp³-hybridized carbons (Fsp3) is 0.133. The van der Waals surface area contributed by atoms with Crippen LogP contribution >= 0.6 is 0 Å². The van der Waals surface area contributed by atoms with Crippen molar-refractivity contribution in [2.24, 2.45) is 0 Å². The van der Waals surface area contributed by atoms with Gasteiger partial charge in [-0.15, -0.1) is 6.42 Å². The molecule has 3 nitrogen and oxygen atoms in total. The van der Waals surface area contributed by atoms with Crippen molar-refractivity contribution in [3.05, 3.63) is 53.7 Å². The van der Waals surface area contributed by atoms with E-state index in [9.17, 15) is 0 Å². The second-order valence-electron chi connectivity index (χ2n) is 3.79. The minimum absolute atomic E-state index is 0.619. The van der Waals surface area contributed by atoms with Crippen molar-refractivity contribution < 1.29 is 4.74 Å². The number of methoxy groups -OCH3 is 1. The number of anilines is 1. The lowest BCUT2D eigenvalue weighted by atomic mass is 10.2. The number of benzene rings is 1. The summed E-state index contributed by atoms with van der Waals surface area (Å²) in [6, 6.07) is 11.6. The molecule has 0 saturated heterocycles. The molecule has 3 heteroatoms. The van der Waals surface area contributed by atoms with Gasteiger partial charge >= 0.3 is 0 Å². The average molecular weight is 238 g/mol. The second kappa shape index (κ2) is 5.74. The van der Waals surface area contributed by atoms with Crippen LogP contribution in [0.2, 0.25) is 0 Å². The number of ether oxygens (including phenoxy) is 1. The lowest BCUT2D eigenvalue weighted by Crippen LogP contribution is -2.00. The summed E-state index contributed by atoms with van der Waals surface area (Å²) in [5.74, 6) is 3.23. The number of pyridine rings is 1. The Hall–Kier alpha value is -2.47. The molecule has 0 aliphatic heterocycles. The smallest absolute Gasteiger partial charge is 0.212 e. The fourth-order valence-electron chi connectivity index (χ4n) is 1.56. The lowest BCUT2D eigenvalue weighted by molar-refractivity contribution is 0.397. The Kier molecular flexibility index (Phi) is 3.83. The Morgan fingerprint density at radius 3 is 2.89 bits per heavy atom. The highest BCUT2D eigenvalue weighted by atomic mass is 16.5. The van der Waals surface area contributed by atoms with Crippen molar-refractivity contribution >= 4 is 5.69 Å². The molecule has 1 heterocycles. The first-order valence-electron chi connectivity index (χ1n) is 5.61. The van der Waals surface area contributed by atoms with Gasteiger partial charge in [0.2, 0.25) is 5.88 Å². The number of aromatic nitrogens is 1. The van der Waals surface area contributed by atoms with Crippen molar-refractivity contribution in [2.75, 3.05) is 12.4 Å². The van der Waals surface area contributed by atoms with E-state index >= 15 is 0 Å². The molecule has 2 rings (SSSR count). The van der Waals surface area contributed by atoms with Crippen molar-refractivity contribution in [3.63, 3.8) is 0 Å². The Labute approximate surface area is 107 Å².